The van der Waals surface area contributed by atoms with Crippen LogP contribution in [0.4, 0.5) is 9.93 Å². The van der Waals surface area contributed by atoms with Crippen LogP contribution < -0.4 is 10.1 Å². The smallest absolute Gasteiger partial charge is 0.333 e. The van der Waals surface area contributed by atoms with Gasteiger partial charge in [-0.2, -0.15) is 0 Å². The number of carbonyl (C=O) groups excluding carboxylic acids is 1. The van der Waals surface area contributed by atoms with Crippen molar-refractivity contribution in [2.45, 2.75) is 0 Å². The molecule has 1 aliphatic rings. The van der Waals surface area contributed by atoms with Crippen molar-refractivity contribution in [1.82, 2.24) is 9.29 Å². The molecule has 8 heteroatoms. The number of aromatic nitrogens is 1. The number of benzene rings is 1. The Morgan fingerprint density at radius 1 is 1.50 bits per heavy atom. The molecule has 2 heterocycles. The lowest BCUT2D eigenvalue weighted by Gasteiger charge is -2.24. The van der Waals surface area contributed by atoms with Crippen LogP contribution in [0, 0.1) is 0 Å². The molecule has 2 amide bonds. The number of ether oxygens (including phenoxy) is 2. The predicted octanol–water partition coefficient (Wildman–Crippen LogP) is 3.29. The Kier molecular flexibility index (Phi) is 4.81. The van der Waals surface area contributed by atoms with E-state index in [1.54, 1.807) is 11.4 Å². The number of carbonyl (C=O) groups is 1. The SMILES string of the molecule is COc1cccc(-c2csc(NC(=O)N3CCOCS3)n2)c1. The molecule has 0 unspecified atom stereocenters. The summed E-state index contributed by atoms with van der Waals surface area (Å²) in [5, 5.41) is 5.31. The second-order valence-corrected chi connectivity index (χ2v) is 6.25. The first-order chi connectivity index (χ1) is 10.8. The van der Waals surface area contributed by atoms with Crippen molar-refractivity contribution in [3.05, 3.63) is 29.6 Å². The monoisotopic (exact) mass is 337 g/mol. The summed E-state index contributed by atoms with van der Waals surface area (Å²) in [5.74, 6) is 1.28. The van der Waals surface area contributed by atoms with Gasteiger partial charge in [-0.1, -0.05) is 12.1 Å². The quantitative estimate of drug-likeness (QED) is 0.871. The summed E-state index contributed by atoms with van der Waals surface area (Å²) in [5.41, 5.74) is 1.77. The number of thiazole rings is 1. The third kappa shape index (κ3) is 3.52. The van der Waals surface area contributed by atoms with Crippen LogP contribution in [0.2, 0.25) is 0 Å². The molecule has 6 nitrogen and oxygen atoms in total. The van der Waals surface area contributed by atoms with Crippen molar-refractivity contribution >= 4 is 34.4 Å². The minimum atomic E-state index is -0.167. The second kappa shape index (κ2) is 6.99. The van der Waals surface area contributed by atoms with E-state index in [0.29, 0.717) is 24.2 Å². The van der Waals surface area contributed by atoms with Crippen LogP contribution in [0.5, 0.6) is 5.75 Å². The molecule has 0 bridgehead atoms. The maximum Gasteiger partial charge on any atom is 0.333 e. The van der Waals surface area contributed by atoms with Crippen LogP contribution in [0.1, 0.15) is 0 Å². The molecule has 0 radical (unpaired) electrons. The Hall–Kier alpha value is -1.77. The molecule has 1 fully saturated rings. The summed E-state index contributed by atoms with van der Waals surface area (Å²) in [6, 6.07) is 7.50. The Morgan fingerprint density at radius 3 is 3.18 bits per heavy atom. The molecule has 116 valence electrons. The first-order valence-electron chi connectivity index (χ1n) is 6.65. The van der Waals surface area contributed by atoms with Crippen LogP contribution >= 0.6 is 23.3 Å². The molecule has 0 atom stereocenters. The van der Waals surface area contributed by atoms with E-state index in [-0.39, 0.29) is 6.03 Å². The summed E-state index contributed by atoms with van der Waals surface area (Å²) < 4.78 is 12.1. The summed E-state index contributed by atoms with van der Waals surface area (Å²) >= 11 is 2.76. The second-order valence-electron chi connectivity index (χ2n) is 4.46. The Labute approximate surface area is 136 Å². The van der Waals surface area contributed by atoms with Gasteiger partial charge in [0.2, 0.25) is 0 Å². The number of rotatable bonds is 3. The van der Waals surface area contributed by atoms with Gasteiger partial charge < -0.3 is 9.47 Å². The number of amides is 2. The number of urea groups is 1. The van der Waals surface area contributed by atoms with Gasteiger partial charge in [0.05, 0.1) is 26.0 Å². The van der Waals surface area contributed by atoms with Crippen molar-refractivity contribution in [3.63, 3.8) is 0 Å². The summed E-state index contributed by atoms with van der Waals surface area (Å²) in [6.07, 6.45) is 0. The van der Waals surface area contributed by atoms with Crippen molar-refractivity contribution in [1.29, 1.82) is 0 Å². The maximum atomic E-state index is 12.1. The largest absolute Gasteiger partial charge is 0.497 e. The first kappa shape index (κ1) is 15.1. The maximum absolute atomic E-state index is 12.1. The van der Waals surface area contributed by atoms with E-state index in [2.05, 4.69) is 10.3 Å². The lowest BCUT2D eigenvalue weighted by atomic mass is 10.2. The minimum absolute atomic E-state index is 0.167. The number of hydrogen-bond donors (Lipinski definition) is 1. The van der Waals surface area contributed by atoms with Gasteiger partial charge in [-0.3, -0.25) is 9.62 Å². The number of nitrogens with zero attached hydrogens (tertiary/aromatic N) is 2. The molecule has 3 rings (SSSR count). The highest BCUT2D eigenvalue weighted by Crippen LogP contribution is 2.28. The van der Waals surface area contributed by atoms with Crippen LogP contribution in [0.3, 0.4) is 0 Å². The van der Waals surface area contributed by atoms with E-state index < -0.39 is 0 Å². The highest BCUT2D eigenvalue weighted by Gasteiger charge is 2.19. The third-order valence-corrected chi connectivity index (χ3v) is 4.73. The van der Waals surface area contributed by atoms with Gasteiger partial charge in [-0.25, -0.2) is 9.78 Å². The highest BCUT2D eigenvalue weighted by atomic mass is 32.2. The fraction of sp³-hybridized carbons (Fsp3) is 0.286. The minimum Gasteiger partial charge on any atom is -0.497 e. The van der Waals surface area contributed by atoms with Gasteiger partial charge in [0.15, 0.2) is 5.13 Å². The zero-order chi connectivity index (χ0) is 15.4. The number of hydrogen-bond acceptors (Lipinski definition) is 6. The Bertz CT molecular complexity index is 656. The summed E-state index contributed by atoms with van der Waals surface area (Å²) in [6.45, 7) is 1.14. The van der Waals surface area contributed by atoms with Crippen molar-refractivity contribution in [3.8, 4) is 17.0 Å². The number of nitrogens with one attached hydrogen (secondary N) is 1. The van der Waals surface area contributed by atoms with E-state index in [1.807, 2.05) is 29.6 Å². The van der Waals surface area contributed by atoms with Gasteiger partial charge in [-0.15, -0.1) is 11.3 Å². The topological polar surface area (TPSA) is 63.7 Å². The molecule has 1 aromatic heterocycles. The van der Waals surface area contributed by atoms with Crippen molar-refractivity contribution in [2.75, 3.05) is 31.5 Å². The third-order valence-electron chi connectivity index (χ3n) is 3.04. The number of methoxy groups -OCH3 is 1. The van der Waals surface area contributed by atoms with Crippen LogP contribution in [0.25, 0.3) is 11.3 Å². The zero-order valence-corrected chi connectivity index (χ0v) is 13.6. The summed E-state index contributed by atoms with van der Waals surface area (Å²) in [4.78, 5) is 16.6. The van der Waals surface area contributed by atoms with Crippen molar-refractivity contribution < 1.29 is 14.3 Å². The van der Waals surface area contributed by atoms with Gasteiger partial charge in [-0.05, 0) is 24.1 Å². The molecule has 0 aliphatic carbocycles. The van der Waals surface area contributed by atoms with Gasteiger partial charge in [0, 0.05) is 10.9 Å². The first-order valence-corrected chi connectivity index (χ1v) is 8.47. The lowest BCUT2D eigenvalue weighted by Crippen LogP contribution is -2.35. The molecule has 1 N–H and O–H groups in total. The molecule has 2 aromatic rings. The molecule has 1 aliphatic heterocycles. The van der Waals surface area contributed by atoms with E-state index in [9.17, 15) is 4.79 Å². The predicted molar refractivity (Wildman–Crippen MR) is 88.2 cm³/mol. The average Bonchev–Trinajstić information content (AvgIpc) is 3.04. The van der Waals surface area contributed by atoms with E-state index in [4.69, 9.17) is 9.47 Å². The normalized spacial score (nSPS) is 14.7. The van der Waals surface area contributed by atoms with E-state index >= 15 is 0 Å². The van der Waals surface area contributed by atoms with E-state index in [0.717, 1.165) is 17.0 Å². The lowest BCUT2D eigenvalue weighted by molar-refractivity contribution is 0.152. The molecular formula is C14H15N3O3S2. The zero-order valence-electron chi connectivity index (χ0n) is 11.9. The van der Waals surface area contributed by atoms with Gasteiger partial charge >= 0.3 is 6.03 Å². The fourth-order valence-electron chi connectivity index (χ4n) is 1.93. The highest BCUT2D eigenvalue weighted by molar-refractivity contribution is 7.97. The molecule has 1 saturated heterocycles. The van der Waals surface area contributed by atoms with Gasteiger partial charge in [0.25, 0.3) is 0 Å². The van der Waals surface area contributed by atoms with Crippen LogP contribution in [-0.4, -0.2) is 41.5 Å². The standard InChI is InChI=1S/C14H15N3O3S2/c1-19-11-4-2-3-10(7-11)12-8-21-13(15-12)16-14(18)17-5-6-20-9-22-17/h2-4,7-8H,5-6,9H2,1H3,(H,15,16,18). The van der Waals surface area contributed by atoms with E-state index in [1.165, 1.54) is 23.3 Å². The molecule has 0 saturated carbocycles. The Morgan fingerprint density at radius 2 is 2.41 bits per heavy atom. The van der Waals surface area contributed by atoms with Crippen LogP contribution in [-0.2, 0) is 4.74 Å². The number of anilines is 1. The fourth-order valence-corrected chi connectivity index (χ4v) is 3.33. The Balaban J connectivity index is 1.69. The molecule has 0 spiro atoms. The van der Waals surface area contributed by atoms with Crippen LogP contribution in [0.15, 0.2) is 29.6 Å². The van der Waals surface area contributed by atoms with Crippen molar-refractivity contribution in [2.24, 2.45) is 0 Å². The average molecular weight is 337 g/mol. The molecule has 22 heavy (non-hydrogen) atoms. The van der Waals surface area contributed by atoms with Gasteiger partial charge in [0.1, 0.15) is 11.7 Å². The molecule has 1 aromatic carbocycles. The summed E-state index contributed by atoms with van der Waals surface area (Å²) in [7, 11) is 1.63. The molecular weight excluding hydrogens is 322 g/mol.